The minimum absolute atomic E-state index is 0.0356. The maximum Gasteiger partial charge on any atom is 0.433 e. The average Bonchev–Trinajstić information content (AvgIpc) is 3.08. The number of likely N-dealkylation sites (N-methyl/N-ethyl adjacent to an activating group) is 1. The highest BCUT2D eigenvalue weighted by molar-refractivity contribution is 6.31. The van der Waals surface area contributed by atoms with Gasteiger partial charge in [-0.3, -0.25) is 15.0 Å². The van der Waals surface area contributed by atoms with E-state index in [0.29, 0.717) is 23.2 Å². The zero-order valence-electron chi connectivity index (χ0n) is 17.9. The van der Waals surface area contributed by atoms with E-state index in [-0.39, 0.29) is 10.6 Å². The highest BCUT2D eigenvalue weighted by Gasteiger charge is 2.41. The van der Waals surface area contributed by atoms with Gasteiger partial charge in [0.25, 0.3) is 5.91 Å². The quantitative estimate of drug-likeness (QED) is 0.572. The Bertz CT molecular complexity index is 1130. The minimum Gasteiger partial charge on any atom is -0.311 e. The molecule has 1 aliphatic rings. The van der Waals surface area contributed by atoms with Crippen LogP contribution in [0.5, 0.6) is 0 Å². The van der Waals surface area contributed by atoms with Crippen LogP contribution in [0.1, 0.15) is 21.9 Å². The van der Waals surface area contributed by atoms with E-state index in [0.717, 1.165) is 0 Å². The van der Waals surface area contributed by atoms with Gasteiger partial charge < -0.3 is 4.90 Å². The Morgan fingerprint density at radius 3 is 2.70 bits per heavy atom. The standard InChI is InChI=1S/C17H13ClF5N5O2/c1-7-5-11(17(21,22)23)25-16(24-7)28-10(6-12(29)26-28)15(30)27(2)9-4-3-8(19)13(18)14(9)20/h3-5,10H,6H2,1-2H3,(H,26,29)/i2D3. The Morgan fingerprint density at radius 2 is 2.07 bits per heavy atom. The molecule has 1 aliphatic heterocycles. The predicted molar refractivity (Wildman–Crippen MR) is 95.6 cm³/mol. The van der Waals surface area contributed by atoms with Crippen LogP contribution in [-0.2, 0) is 15.8 Å². The van der Waals surface area contributed by atoms with Crippen LogP contribution in [-0.4, -0.2) is 34.8 Å². The topological polar surface area (TPSA) is 78.4 Å². The number of nitrogens with one attached hydrogen (secondary N) is 1. The summed E-state index contributed by atoms with van der Waals surface area (Å²) in [6, 6.07) is 0.134. The van der Waals surface area contributed by atoms with Gasteiger partial charge in [0, 0.05) is 16.8 Å². The van der Waals surface area contributed by atoms with Gasteiger partial charge in [-0.25, -0.2) is 23.8 Å². The lowest BCUT2D eigenvalue weighted by Crippen LogP contribution is -2.49. The van der Waals surface area contributed by atoms with Crippen molar-refractivity contribution in [2.75, 3.05) is 16.9 Å². The van der Waals surface area contributed by atoms with E-state index in [1.165, 1.54) is 6.92 Å². The number of halogens is 6. The number of amides is 2. The van der Waals surface area contributed by atoms with E-state index in [1.807, 2.05) is 0 Å². The molecule has 13 heteroatoms. The molecule has 2 amide bonds. The van der Waals surface area contributed by atoms with Crippen molar-refractivity contribution in [3.63, 3.8) is 0 Å². The Labute approximate surface area is 175 Å². The molecule has 1 aromatic carbocycles. The fraction of sp³-hybridized carbons (Fsp3) is 0.294. The highest BCUT2D eigenvalue weighted by Crippen LogP contribution is 2.31. The first-order valence-corrected chi connectivity index (χ1v) is 8.48. The van der Waals surface area contributed by atoms with Crippen molar-refractivity contribution in [3.05, 3.63) is 46.2 Å². The van der Waals surface area contributed by atoms with Gasteiger partial charge in [0.15, 0.2) is 5.82 Å². The van der Waals surface area contributed by atoms with Crippen LogP contribution >= 0.6 is 11.6 Å². The van der Waals surface area contributed by atoms with Crippen molar-refractivity contribution in [1.82, 2.24) is 15.4 Å². The summed E-state index contributed by atoms with van der Waals surface area (Å²) in [4.78, 5) is 32.2. The molecule has 1 unspecified atom stereocenters. The van der Waals surface area contributed by atoms with Crippen LogP contribution < -0.4 is 15.3 Å². The van der Waals surface area contributed by atoms with Crippen LogP contribution in [0.15, 0.2) is 18.2 Å². The van der Waals surface area contributed by atoms with Crippen molar-refractivity contribution >= 4 is 35.1 Å². The molecule has 2 heterocycles. The van der Waals surface area contributed by atoms with Crippen LogP contribution in [0.2, 0.25) is 5.02 Å². The lowest BCUT2D eigenvalue weighted by Gasteiger charge is -2.27. The summed E-state index contributed by atoms with van der Waals surface area (Å²) in [5.41, 5.74) is -0.370. The molecule has 1 fully saturated rings. The second-order valence-corrected chi connectivity index (χ2v) is 6.56. The van der Waals surface area contributed by atoms with E-state index >= 15 is 0 Å². The SMILES string of the molecule is [2H]C([2H])([2H])N(C(=O)C1CC(=O)NN1c1nc(C)cc(C(F)(F)F)n1)c1ccc(F)c(Cl)c1F. The van der Waals surface area contributed by atoms with Crippen molar-refractivity contribution in [2.24, 2.45) is 0 Å². The first-order chi connectivity index (χ1) is 15.1. The van der Waals surface area contributed by atoms with Crippen molar-refractivity contribution < 1.29 is 35.7 Å². The Kier molecular flexibility index (Phi) is 4.55. The largest absolute Gasteiger partial charge is 0.433 e. The van der Waals surface area contributed by atoms with Crippen LogP contribution in [0.3, 0.4) is 0 Å². The third-order valence-electron chi connectivity index (χ3n) is 4.05. The molecule has 1 N–H and O–H groups in total. The van der Waals surface area contributed by atoms with E-state index in [2.05, 4.69) is 15.4 Å². The molecule has 7 nitrogen and oxygen atoms in total. The van der Waals surface area contributed by atoms with E-state index in [9.17, 15) is 31.5 Å². The number of carbonyl (C=O) groups is 2. The monoisotopic (exact) mass is 452 g/mol. The second-order valence-electron chi connectivity index (χ2n) is 6.19. The van der Waals surface area contributed by atoms with Gasteiger partial charge in [-0.2, -0.15) is 13.2 Å². The minimum atomic E-state index is -4.88. The number of nitrogens with zero attached hydrogens (tertiary/aromatic N) is 4. The summed E-state index contributed by atoms with van der Waals surface area (Å²) in [6.45, 7) is -2.14. The first-order valence-electron chi connectivity index (χ1n) is 9.60. The molecule has 1 atom stereocenters. The molecule has 160 valence electrons. The second kappa shape index (κ2) is 7.67. The molecular weight excluding hydrogens is 437 g/mol. The van der Waals surface area contributed by atoms with Crippen LogP contribution in [0.4, 0.5) is 33.6 Å². The summed E-state index contributed by atoms with van der Waals surface area (Å²) in [7, 11) is 0. The normalized spacial score (nSPS) is 18.5. The van der Waals surface area contributed by atoms with Crippen LogP contribution in [0, 0.1) is 18.6 Å². The maximum absolute atomic E-state index is 14.6. The number of hydrazine groups is 1. The molecule has 0 saturated carbocycles. The molecule has 3 rings (SSSR count). The summed E-state index contributed by atoms with van der Waals surface area (Å²) in [5, 5.41) is -0.516. The van der Waals surface area contributed by atoms with E-state index < -0.39 is 71.4 Å². The molecule has 1 aromatic heterocycles. The number of aryl methyl sites for hydroxylation is 1. The molecule has 2 aromatic rings. The Hall–Kier alpha value is -3.02. The number of hydrogen-bond acceptors (Lipinski definition) is 5. The fourth-order valence-electron chi connectivity index (χ4n) is 2.67. The Balaban J connectivity index is 2.09. The number of anilines is 2. The van der Waals surface area contributed by atoms with Crippen LogP contribution in [0.25, 0.3) is 0 Å². The summed E-state index contributed by atoms with van der Waals surface area (Å²) < 4.78 is 90.5. The predicted octanol–water partition coefficient (Wildman–Crippen LogP) is 3.01. The van der Waals surface area contributed by atoms with E-state index in [4.69, 9.17) is 15.7 Å². The summed E-state index contributed by atoms with van der Waals surface area (Å²) in [6.07, 6.45) is -5.59. The molecule has 30 heavy (non-hydrogen) atoms. The van der Waals surface area contributed by atoms with Gasteiger partial charge in [0.1, 0.15) is 22.6 Å². The van der Waals surface area contributed by atoms with Gasteiger partial charge in [-0.05, 0) is 25.1 Å². The van der Waals surface area contributed by atoms with Crippen molar-refractivity contribution in [1.29, 1.82) is 0 Å². The first kappa shape index (κ1) is 17.8. The number of aromatic nitrogens is 2. The summed E-state index contributed by atoms with van der Waals surface area (Å²) in [5.74, 6) is -5.81. The lowest BCUT2D eigenvalue weighted by atomic mass is 10.1. The number of alkyl halides is 3. The zero-order chi connectivity index (χ0) is 24.9. The number of carbonyl (C=O) groups excluding carboxylic acids is 2. The average molecular weight is 453 g/mol. The molecule has 0 aliphatic carbocycles. The van der Waals surface area contributed by atoms with Crippen molar-refractivity contribution in [2.45, 2.75) is 25.6 Å². The van der Waals surface area contributed by atoms with Gasteiger partial charge in [-0.1, -0.05) is 11.6 Å². The van der Waals surface area contributed by atoms with Gasteiger partial charge in [0.05, 0.1) is 12.1 Å². The van der Waals surface area contributed by atoms with Gasteiger partial charge in [0.2, 0.25) is 11.9 Å². The van der Waals surface area contributed by atoms with Crippen molar-refractivity contribution in [3.8, 4) is 0 Å². The number of hydrogen-bond donors (Lipinski definition) is 1. The summed E-state index contributed by atoms with van der Waals surface area (Å²) >= 11 is 5.49. The molecule has 0 bridgehead atoms. The molecule has 0 radical (unpaired) electrons. The van der Waals surface area contributed by atoms with Gasteiger partial charge in [-0.15, -0.1) is 0 Å². The van der Waals surface area contributed by atoms with Gasteiger partial charge >= 0.3 is 6.18 Å². The Morgan fingerprint density at radius 1 is 1.37 bits per heavy atom. The van der Waals surface area contributed by atoms with E-state index in [1.54, 1.807) is 0 Å². The third-order valence-corrected chi connectivity index (χ3v) is 4.39. The molecule has 0 spiro atoms. The maximum atomic E-state index is 14.6. The number of rotatable bonds is 3. The lowest BCUT2D eigenvalue weighted by molar-refractivity contribution is -0.141. The molecular formula is C17H13ClF5N5O2. The number of benzene rings is 1. The smallest absolute Gasteiger partial charge is 0.311 e. The third kappa shape index (κ3) is 3.99. The zero-order valence-corrected chi connectivity index (χ0v) is 15.6. The fourth-order valence-corrected chi connectivity index (χ4v) is 2.83. The molecule has 1 saturated heterocycles. The highest BCUT2D eigenvalue weighted by atomic mass is 35.5.